The summed E-state index contributed by atoms with van der Waals surface area (Å²) in [7, 11) is 0. The van der Waals surface area contributed by atoms with Crippen LogP contribution in [0.3, 0.4) is 0 Å². The standard InChI is InChI=1S/2C4H11N.H2O/c2*1-3-5-4-2;/h2*5H,3-4H2,1-2H3;1H2. The summed E-state index contributed by atoms with van der Waals surface area (Å²) in [4.78, 5) is 0. The molecule has 0 aromatic rings. The zero-order valence-corrected chi connectivity index (χ0v) is 8.33. The van der Waals surface area contributed by atoms with E-state index in [9.17, 15) is 0 Å². The molecular weight excluding hydrogens is 140 g/mol. The van der Waals surface area contributed by atoms with Crippen LogP contribution in [0.5, 0.6) is 0 Å². The molecule has 0 aliphatic heterocycles. The second-order valence-corrected chi connectivity index (χ2v) is 1.91. The fraction of sp³-hybridized carbons (Fsp3) is 1.00. The Labute approximate surface area is 70.9 Å². The quantitative estimate of drug-likeness (QED) is 0.632. The molecule has 0 atom stereocenters. The van der Waals surface area contributed by atoms with Crippen molar-refractivity contribution in [3.63, 3.8) is 0 Å². The Balaban J connectivity index is -0.000000107. The van der Waals surface area contributed by atoms with Gasteiger partial charge in [-0.05, 0) is 26.2 Å². The molecule has 11 heavy (non-hydrogen) atoms. The average molecular weight is 164 g/mol. The van der Waals surface area contributed by atoms with E-state index in [0.717, 1.165) is 26.2 Å². The lowest BCUT2D eigenvalue weighted by Gasteiger charge is -1.86. The Morgan fingerprint density at radius 1 is 0.636 bits per heavy atom. The second-order valence-electron chi connectivity index (χ2n) is 1.91. The van der Waals surface area contributed by atoms with Gasteiger partial charge in [0.15, 0.2) is 0 Å². The van der Waals surface area contributed by atoms with Crippen molar-refractivity contribution in [2.75, 3.05) is 26.2 Å². The van der Waals surface area contributed by atoms with Crippen molar-refractivity contribution >= 4 is 0 Å². The van der Waals surface area contributed by atoms with Crippen molar-refractivity contribution in [2.24, 2.45) is 0 Å². The fourth-order valence-corrected chi connectivity index (χ4v) is 0.500. The highest BCUT2D eigenvalue weighted by Crippen LogP contribution is 1.48. The second kappa shape index (κ2) is 22.5. The van der Waals surface area contributed by atoms with Gasteiger partial charge in [-0.3, -0.25) is 0 Å². The zero-order valence-electron chi connectivity index (χ0n) is 8.33. The van der Waals surface area contributed by atoms with Gasteiger partial charge in [-0.1, -0.05) is 27.7 Å². The molecule has 4 N–H and O–H groups in total. The van der Waals surface area contributed by atoms with Gasteiger partial charge in [0.05, 0.1) is 0 Å². The lowest BCUT2D eigenvalue weighted by Crippen LogP contribution is -2.09. The van der Waals surface area contributed by atoms with E-state index in [1.807, 2.05) is 0 Å². The maximum atomic E-state index is 3.11. The fourth-order valence-electron chi connectivity index (χ4n) is 0.500. The molecule has 0 radical (unpaired) electrons. The third kappa shape index (κ3) is 40.8. The highest BCUT2D eigenvalue weighted by Gasteiger charge is 1.63. The van der Waals surface area contributed by atoms with Crippen molar-refractivity contribution in [3.05, 3.63) is 0 Å². The molecule has 0 aliphatic rings. The number of nitrogens with one attached hydrogen (secondary N) is 2. The predicted molar refractivity (Wildman–Crippen MR) is 52.0 cm³/mol. The van der Waals surface area contributed by atoms with E-state index in [1.54, 1.807) is 0 Å². The van der Waals surface area contributed by atoms with Crippen LogP contribution in [0.4, 0.5) is 0 Å². The summed E-state index contributed by atoms with van der Waals surface area (Å²) in [5.74, 6) is 0. The summed E-state index contributed by atoms with van der Waals surface area (Å²) in [5.41, 5.74) is 0. The molecule has 0 saturated carbocycles. The summed E-state index contributed by atoms with van der Waals surface area (Å²) in [6.07, 6.45) is 0. The molecule has 0 unspecified atom stereocenters. The van der Waals surface area contributed by atoms with Crippen molar-refractivity contribution in [1.82, 2.24) is 10.6 Å². The van der Waals surface area contributed by atoms with Crippen LogP contribution in [-0.2, 0) is 0 Å². The van der Waals surface area contributed by atoms with Crippen LogP contribution in [0.2, 0.25) is 0 Å². The first kappa shape index (κ1) is 17.1. The molecule has 0 bridgehead atoms. The molecule has 3 heteroatoms. The molecule has 0 spiro atoms. The summed E-state index contributed by atoms with van der Waals surface area (Å²) in [6.45, 7) is 12.8. The first-order chi connectivity index (χ1) is 4.83. The SMILES string of the molecule is CCNCC.CCNCC.O. The smallest absolute Gasteiger partial charge is 0.00775 e. The lowest BCUT2D eigenvalue weighted by molar-refractivity contribution is 0.762. The molecule has 0 aliphatic carbocycles. The summed E-state index contributed by atoms with van der Waals surface area (Å²) in [6, 6.07) is 0. The van der Waals surface area contributed by atoms with Crippen LogP contribution in [0.25, 0.3) is 0 Å². The van der Waals surface area contributed by atoms with E-state index in [-0.39, 0.29) is 5.48 Å². The number of hydrogen-bond acceptors (Lipinski definition) is 2. The normalized spacial score (nSPS) is 7.64. The van der Waals surface area contributed by atoms with Crippen LogP contribution in [0, 0.1) is 0 Å². The summed E-state index contributed by atoms with van der Waals surface area (Å²) < 4.78 is 0. The molecular formula is C8H24N2O. The Morgan fingerprint density at radius 3 is 0.818 bits per heavy atom. The van der Waals surface area contributed by atoms with Gasteiger partial charge < -0.3 is 16.1 Å². The third-order valence-electron chi connectivity index (χ3n) is 1.000. The van der Waals surface area contributed by atoms with Crippen LogP contribution in [0.1, 0.15) is 27.7 Å². The van der Waals surface area contributed by atoms with Gasteiger partial charge >= 0.3 is 0 Å². The predicted octanol–water partition coefficient (Wildman–Crippen LogP) is 0.407. The van der Waals surface area contributed by atoms with E-state index in [4.69, 9.17) is 0 Å². The molecule has 0 fully saturated rings. The maximum Gasteiger partial charge on any atom is -0.00775 e. The van der Waals surface area contributed by atoms with E-state index in [0.29, 0.717) is 0 Å². The van der Waals surface area contributed by atoms with Gasteiger partial charge in [0.1, 0.15) is 0 Å². The largest absolute Gasteiger partial charge is 0.412 e. The Morgan fingerprint density at radius 2 is 0.818 bits per heavy atom. The average Bonchev–Trinajstić information content (AvgIpc) is 1.93. The van der Waals surface area contributed by atoms with Gasteiger partial charge in [0.2, 0.25) is 0 Å². The molecule has 0 saturated heterocycles. The molecule has 0 rings (SSSR count). The van der Waals surface area contributed by atoms with Crippen LogP contribution >= 0.6 is 0 Å². The van der Waals surface area contributed by atoms with Gasteiger partial charge in [-0.15, -0.1) is 0 Å². The van der Waals surface area contributed by atoms with Crippen molar-refractivity contribution in [3.8, 4) is 0 Å². The molecule has 0 amide bonds. The monoisotopic (exact) mass is 164 g/mol. The number of hydrogen-bond donors (Lipinski definition) is 2. The van der Waals surface area contributed by atoms with Crippen molar-refractivity contribution in [2.45, 2.75) is 27.7 Å². The van der Waals surface area contributed by atoms with Gasteiger partial charge in [-0.25, -0.2) is 0 Å². The Hall–Kier alpha value is -0.120. The van der Waals surface area contributed by atoms with Gasteiger partial charge in [0, 0.05) is 0 Å². The van der Waals surface area contributed by atoms with Crippen molar-refractivity contribution < 1.29 is 5.48 Å². The first-order valence-electron chi connectivity index (χ1n) is 4.24. The molecule has 0 aromatic heterocycles. The first-order valence-corrected chi connectivity index (χ1v) is 4.24. The zero-order chi connectivity index (χ0) is 8.24. The highest BCUT2D eigenvalue weighted by molar-refractivity contribution is 4.28. The van der Waals surface area contributed by atoms with Crippen molar-refractivity contribution in [1.29, 1.82) is 0 Å². The Bertz CT molecular complexity index is 33.1. The number of rotatable bonds is 4. The van der Waals surface area contributed by atoms with Gasteiger partial charge in [0.25, 0.3) is 0 Å². The minimum absolute atomic E-state index is 0. The van der Waals surface area contributed by atoms with Gasteiger partial charge in [-0.2, -0.15) is 0 Å². The van der Waals surface area contributed by atoms with E-state index in [2.05, 4.69) is 38.3 Å². The maximum absolute atomic E-state index is 3.11. The molecule has 72 valence electrons. The van der Waals surface area contributed by atoms with E-state index in [1.165, 1.54) is 0 Å². The minimum atomic E-state index is 0. The van der Waals surface area contributed by atoms with Crippen LogP contribution < -0.4 is 10.6 Å². The third-order valence-corrected chi connectivity index (χ3v) is 1.000. The lowest BCUT2D eigenvalue weighted by atomic mass is 10.7. The van der Waals surface area contributed by atoms with E-state index < -0.39 is 0 Å². The van der Waals surface area contributed by atoms with Crippen LogP contribution in [-0.4, -0.2) is 31.7 Å². The topological polar surface area (TPSA) is 55.6 Å². The highest BCUT2D eigenvalue weighted by atomic mass is 16.0. The molecule has 3 nitrogen and oxygen atoms in total. The molecule has 0 aromatic carbocycles. The van der Waals surface area contributed by atoms with Crippen LogP contribution in [0.15, 0.2) is 0 Å². The molecule has 0 heterocycles. The summed E-state index contributed by atoms with van der Waals surface area (Å²) >= 11 is 0. The minimum Gasteiger partial charge on any atom is -0.412 e. The van der Waals surface area contributed by atoms with E-state index >= 15 is 0 Å². The Kier molecular flexibility index (Phi) is 35.0. The summed E-state index contributed by atoms with van der Waals surface area (Å²) in [5, 5.41) is 6.22.